The smallest absolute Gasteiger partial charge is 0.250 e. The number of hydrogen-bond acceptors (Lipinski definition) is 9. The largest absolute Gasteiger partial charge is 0.497 e. The van der Waals surface area contributed by atoms with Crippen LogP contribution in [0.1, 0.15) is 5.56 Å². The number of H-pyrrole nitrogens is 1. The number of hydrogen-bond donors (Lipinski definition) is 3. The number of nitrogens with one attached hydrogen (secondary N) is 3. The molecule has 1 fully saturated rings. The summed E-state index contributed by atoms with van der Waals surface area (Å²) in [5, 5.41) is 8.68. The monoisotopic (exact) mass is 444 g/mol. The molecule has 5 rings (SSSR count). The average Bonchev–Trinajstić information content (AvgIpc) is 3.28. The highest BCUT2D eigenvalue weighted by molar-refractivity contribution is 5.99. The molecule has 0 aliphatic carbocycles. The Hall–Kier alpha value is -4.18. The van der Waals surface area contributed by atoms with E-state index in [0.717, 1.165) is 27.9 Å². The maximum Gasteiger partial charge on any atom is 0.250 e. The zero-order valence-corrected chi connectivity index (χ0v) is 18.2. The van der Waals surface area contributed by atoms with Crippen LogP contribution >= 0.6 is 0 Å². The highest BCUT2D eigenvalue weighted by Crippen LogP contribution is 2.21. The number of anilines is 4. The van der Waals surface area contributed by atoms with E-state index in [1.165, 1.54) is 0 Å². The Morgan fingerprint density at radius 3 is 2.64 bits per heavy atom. The molecule has 1 aliphatic heterocycles. The highest BCUT2D eigenvalue weighted by atomic mass is 16.5. The third-order valence-electron chi connectivity index (χ3n) is 5.25. The Bertz CT molecular complexity index is 1250. The van der Waals surface area contributed by atoms with Crippen molar-refractivity contribution in [1.82, 2.24) is 19.9 Å². The summed E-state index contributed by atoms with van der Waals surface area (Å²) in [6.45, 7) is 2.69. The summed E-state index contributed by atoms with van der Waals surface area (Å²) in [4.78, 5) is 19.0. The molecule has 4 aromatic rings. The van der Waals surface area contributed by atoms with Crippen LogP contribution in [0.4, 0.5) is 23.5 Å². The summed E-state index contributed by atoms with van der Waals surface area (Å²) < 4.78 is 10.7. The number of para-hydroxylation sites is 1. The zero-order chi connectivity index (χ0) is 22.5. The van der Waals surface area contributed by atoms with Crippen LogP contribution in [0.2, 0.25) is 0 Å². The Kier molecular flexibility index (Phi) is 5.98. The highest BCUT2D eigenvalue weighted by Gasteiger charge is 2.17. The van der Waals surface area contributed by atoms with Gasteiger partial charge in [-0.2, -0.15) is 20.1 Å². The Morgan fingerprint density at radius 1 is 1.03 bits per heavy atom. The molecule has 1 saturated heterocycles. The Labute approximate surface area is 190 Å². The number of hydrazone groups is 1. The molecule has 0 unspecified atom stereocenters. The van der Waals surface area contributed by atoms with E-state index in [2.05, 4.69) is 40.7 Å². The third-order valence-corrected chi connectivity index (χ3v) is 5.25. The van der Waals surface area contributed by atoms with Crippen molar-refractivity contribution in [3.63, 3.8) is 0 Å². The van der Waals surface area contributed by atoms with E-state index in [1.807, 2.05) is 54.7 Å². The van der Waals surface area contributed by atoms with Crippen molar-refractivity contribution >= 4 is 40.6 Å². The first-order valence-corrected chi connectivity index (χ1v) is 10.6. The van der Waals surface area contributed by atoms with Gasteiger partial charge < -0.3 is 24.7 Å². The van der Waals surface area contributed by atoms with E-state index in [-0.39, 0.29) is 0 Å². The van der Waals surface area contributed by atoms with Crippen LogP contribution in [-0.4, -0.2) is 59.6 Å². The van der Waals surface area contributed by atoms with Gasteiger partial charge in [-0.3, -0.25) is 0 Å². The molecule has 10 heteroatoms. The minimum atomic E-state index is 0.346. The molecule has 3 heterocycles. The SMILES string of the molecule is COc1ccc(Nc2nc(N/N=C/c3c[nH]c4ccccc34)nc(N3CCOCC3)n2)cc1. The van der Waals surface area contributed by atoms with E-state index in [9.17, 15) is 0 Å². The predicted molar refractivity (Wildman–Crippen MR) is 129 cm³/mol. The van der Waals surface area contributed by atoms with Crippen LogP contribution < -0.4 is 20.4 Å². The first kappa shape index (κ1) is 20.7. The number of benzene rings is 2. The molecule has 0 spiro atoms. The van der Waals surface area contributed by atoms with Crippen molar-refractivity contribution in [2.75, 3.05) is 49.1 Å². The lowest BCUT2D eigenvalue weighted by Crippen LogP contribution is -2.37. The minimum absolute atomic E-state index is 0.346. The van der Waals surface area contributed by atoms with E-state index in [1.54, 1.807) is 13.3 Å². The van der Waals surface area contributed by atoms with Crippen molar-refractivity contribution < 1.29 is 9.47 Å². The van der Waals surface area contributed by atoms with Gasteiger partial charge in [-0.25, -0.2) is 5.43 Å². The fraction of sp³-hybridized carbons (Fsp3) is 0.217. The molecular weight excluding hydrogens is 420 g/mol. The summed E-state index contributed by atoms with van der Waals surface area (Å²) in [6, 6.07) is 15.6. The second-order valence-electron chi connectivity index (χ2n) is 7.40. The third kappa shape index (κ3) is 4.85. The Morgan fingerprint density at radius 2 is 1.82 bits per heavy atom. The second kappa shape index (κ2) is 9.53. The van der Waals surface area contributed by atoms with E-state index in [4.69, 9.17) is 9.47 Å². The zero-order valence-electron chi connectivity index (χ0n) is 18.2. The van der Waals surface area contributed by atoms with Crippen molar-refractivity contribution in [2.24, 2.45) is 5.10 Å². The fourth-order valence-electron chi connectivity index (χ4n) is 3.54. The van der Waals surface area contributed by atoms with Crippen LogP contribution in [0.5, 0.6) is 5.75 Å². The van der Waals surface area contributed by atoms with Gasteiger partial charge in [-0.05, 0) is 30.3 Å². The summed E-state index contributed by atoms with van der Waals surface area (Å²) in [7, 11) is 1.64. The minimum Gasteiger partial charge on any atom is -0.497 e. The van der Waals surface area contributed by atoms with Gasteiger partial charge in [-0.15, -0.1) is 0 Å². The topological polar surface area (TPSA) is 113 Å². The molecule has 33 heavy (non-hydrogen) atoms. The number of fused-ring (bicyclic) bond motifs is 1. The number of morpholine rings is 1. The molecule has 10 nitrogen and oxygen atoms in total. The lowest BCUT2D eigenvalue weighted by Gasteiger charge is -2.27. The van der Waals surface area contributed by atoms with Gasteiger partial charge in [0.2, 0.25) is 17.8 Å². The first-order valence-electron chi connectivity index (χ1n) is 10.6. The maximum absolute atomic E-state index is 5.46. The van der Waals surface area contributed by atoms with Gasteiger partial charge in [0.15, 0.2) is 0 Å². The number of aromatic amines is 1. The van der Waals surface area contributed by atoms with E-state index >= 15 is 0 Å². The van der Waals surface area contributed by atoms with Gasteiger partial charge in [0.05, 0.1) is 26.5 Å². The predicted octanol–water partition coefficient (Wildman–Crippen LogP) is 3.39. The van der Waals surface area contributed by atoms with E-state index < -0.39 is 0 Å². The van der Waals surface area contributed by atoms with Crippen LogP contribution in [0, 0.1) is 0 Å². The van der Waals surface area contributed by atoms with Crippen molar-refractivity contribution in [3.8, 4) is 5.75 Å². The summed E-state index contributed by atoms with van der Waals surface area (Å²) in [5.41, 5.74) is 5.81. The standard InChI is InChI=1S/C23H24N8O2/c1-32-18-8-6-17(7-9-18)26-21-27-22(29-23(28-21)31-10-12-33-13-11-31)30-25-15-16-14-24-20-5-3-2-4-19(16)20/h2-9,14-15,24H,10-13H2,1H3,(H2,26,27,28,29,30)/b25-15+. The molecule has 168 valence electrons. The van der Waals surface area contributed by atoms with Crippen molar-refractivity contribution in [2.45, 2.75) is 0 Å². The van der Waals surface area contributed by atoms with Gasteiger partial charge >= 0.3 is 0 Å². The van der Waals surface area contributed by atoms with Gasteiger partial charge in [0, 0.05) is 41.4 Å². The molecule has 2 aromatic heterocycles. The molecule has 0 atom stereocenters. The number of methoxy groups -OCH3 is 1. The van der Waals surface area contributed by atoms with E-state index in [0.29, 0.717) is 44.1 Å². The molecule has 0 bridgehead atoms. The number of nitrogens with zero attached hydrogens (tertiary/aromatic N) is 5. The molecule has 1 aliphatic rings. The van der Waals surface area contributed by atoms with Crippen molar-refractivity contribution in [3.05, 3.63) is 60.3 Å². The molecule has 3 N–H and O–H groups in total. The lowest BCUT2D eigenvalue weighted by molar-refractivity contribution is 0.122. The maximum atomic E-state index is 5.46. The van der Waals surface area contributed by atoms with Gasteiger partial charge in [0.25, 0.3) is 0 Å². The number of aromatic nitrogens is 4. The van der Waals surface area contributed by atoms with Gasteiger partial charge in [0.1, 0.15) is 5.75 Å². The molecule has 0 saturated carbocycles. The Balaban J connectivity index is 1.39. The van der Waals surface area contributed by atoms with Crippen molar-refractivity contribution in [1.29, 1.82) is 0 Å². The van der Waals surface area contributed by atoms with Crippen LogP contribution in [0.15, 0.2) is 59.8 Å². The molecule has 0 radical (unpaired) electrons. The molecular formula is C23H24N8O2. The summed E-state index contributed by atoms with van der Waals surface area (Å²) in [5.74, 6) is 2.10. The summed E-state index contributed by atoms with van der Waals surface area (Å²) >= 11 is 0. The number of ether oxygens (including phenoxy) is 2. The molecule has 0 amide bonds. The molecule has 2 aromatic carbocycles. The number of rotatable bonds is 7. The average molecular weight is 444 g/mol. The summed E-state index contributed by atoms with van der Waals surface area (Å²) in [6.07, 6.45) is 3.66. The van der Waals surface area contributed by atoms with Crippen LogP contribution in [0.25, 0.3) is 10.9 Å². The van der Waals surface area contributed by atoms with Gasteiger partial charge in [-0.1, -0.05) is 18.2 Å². The second-order valence-corrected chi connectivity index (χ2v) is 7.40. The first-order chi connectivity index (χ1) is 16.3. The normalized spacial score (nSPS) is 14.0. The van der Waals surface area contributed by atoms with Crippen LogP contribution in [-0.2, 0) is 4.74 Å². The lowest BCUT2D eigenvalue weighted by atomic mass is 10.2. The van der Waals surface area contributed by atoms with Crippen LogP contribution in [0.3, 0.4) is 0 Å². The quantitative estimate of drug-likeness (QED) is 0.294. The fourth-order valence-corrected chi connectivity index (χ4v) is 3.54.